The summed E-state index contributed by atoms with van der Waals surface area (Å²) < 4.78 is 5.80. The van der Waals surface area contributed by atoms with Crippen LogP contribution in [0.2, 0.25) is 0 Å². The summed E-state index contributed by atoms with van der Waals surface area (Å²) in [6.45, 7) is 12.2. The average Bonchev–Trinajstić information content (AvgIpc) is 2.66. The summed E-state index contributed by atoms with van der Waals surface area (Å²) in [4.78, 5) is 12.6. The minimum atomic E-state index is 0.0198. The fraction of sp³-hybridized carbons (Fsp3) is 0.667. The van der Waals surface area contributed by atoms with Crippen LogP contribution in [0, 0.1) is 5.92 Å². The number of ketones is 1. The number of carbonyl (C=O) groups is 1. The molecule has 5 heteroatoms. The summed E-state index contributed by atoms with van der Waals surface area (Å²) in [5.74, 6) is 1.16. The molecule has 1 atom stereocenters. The fourth-order valence-electron chi connectivity index (χ4n) is 1.62. The molecule has 0 aromatic carbocycles. The second-order valence-electron chi connectivity index (χ2n) is 5.62. The van der Waals surface area contributed by atoms with Gasteiger partial charge >= 0.3 is 0 Å². The third-order valence-corrected chi connectivity index (χ3v) is 4.35. The third kappa shape index (κ3) is 3.88. The quantitative estimate of drug-likeness (QED) is 0.742. The first-order chi connectivity index (χ1) is 9.27. The first-order valence-corrected chi connectivity index (χ1v) is 7.98. The summed E-state index contributed by atoms with van der Waals surface area (Å²) in [5.41, 5.74) is 6.57. The van der Waals surface area contributed by atoms with Crippen molar-refractivity contribution in [3.8, 4) is 5.75 Å². The molecule has 0 aliphatic heterocycles. The molecule has 0 aliphatic carbocycles. The molecule has 114 valence electrons. The van der Waals surface area contributed by atoms with Gasteiger partial charge in [0.1, 0.15) is 5.00 Å². The predicted octanol–water partition coefficient (Wildman–Crippen LogP) is 4.17. The van der Waals surface area contributed by atoms with Crippen molar-refractivity contribution >= 4 is 27.8 Å². The highest BCUT2D eigenvalue weighted by atomic mass is 32.1. The van der Waals surface area contributed by atoms with Gasteiger partial charge in [-0.05, 0) is 26.7 Å². The molecule has 20 heavy (non-hydrogen) atoms. The van der Waals surface area contributed by atoms with E-state index in [0.717, 1.165) is 5.00 Å². The van der Waals surface area contributed by atoms with Gasteiger partial charge in [-0.25, -0.2) is 0 Å². The highest BCUT2D eigenvalue weighted by Gasteiger charge is 2.23. The van der Waals surface area contributed by atoms with Crippen LogP contribution in [0.3, 0.4) is 0 Å². The third-order valence-electron chi connectivity index (χ3n) is 3.19. The molecular formula is C15H26N2O2S. The number of hydrogen-bond acceptors (Lipinski definition) is 5. The van der Waals surface area contributed by atoms with Gasteiger partial charge in [0.15, 0.2) is 11.5 Å². The number of hydrogen-bond donors (Lipinski definition) is 2. The standard InChI is InChI=1S/C15H26N2O2S/c1-7-11(18)14-12(16)13(19-9(4)5)15(20-14)17-10(6)8(2)3/h8-10,17H,7,16H2,1-6H3. The van der Waals surface area contributed by atoms with Crippen molar-refractivity contribution in [2.75, 3.05) is 11.1 Å². The Labute approximate surface area is 125 Å². The Bertz CT molecular complexity index is 467. The minimum Gasteiger partial charge on any atom is -0.486 e. The van der Waals surface area contributed by atoms with Crippen molar-refractivity contribution in [1.82, 2.24) is 0 Å². The van der Waals surface area contributed by atoms with E-state index in [4.69, 9.17) is 10.5 Å². The number of nitrogens with two attached hydrogens (primary N) is 1. The highest BCUT2D eigenvalue weighted by Crippen LogP contribution is 2.44. The second-order valence-corrected chi connectivity index (χ2v) is 6.64. The van der Waals surface area contributed by atoms with Crippen LogP contribution in [0.25, 0.3) is 0 Å². The Morgan fingerprint density at radius 2 is 1.90 bits per heavy atom. The molecule has 0 amide bonds. The summed E-state index contributed by atoms with van der Waals surface area (Å²) in [7, 11) is 0. The maximum absolute atomic E-state index is 12.0. The van der Waals surface area contributed by atoms with Gasteiger partial charge in [0.25, 0.3) is 0 Å². The molecule has 0 aliphatic rings. The Hall–Kier alpha value is -1.23. The molecule has 0 spiro atoms. The molecule has 1 aromatic heterocycles. The molecule has 0 fully saturated rings. The molecule has 0 saturated heterocycles. The van der Waals surface area contributed by atoms with Crippen LogP contribution in [-0.2, 0) is 0 Å². The number of nitrogens with one attached hydrogen (secondary N) is 1. The molecule has 0 bridgehead atoms. The number of ether oxygens (including phenoxy) is 1. The van der Waals surface area contributed by atoms with Gasteiger partial charge in [-0.3, -0.25) is 4.79 Å². The van der Waals surface area contributed by atoms with Crippen LogP contribution in [0.4, 0.5) is 10.7 Å². The number of nitrogen functional groups attached to an aromatic ring is 1. The van der Waals surface area contributed by atoms with Crippen LogP contribution in [0.5, 0.6) is 5.75 Å². The molecule has 1 aromatic rings. The lowest BCUT2D eigenvalue weighted by atomic mass is 10.1. The zero-order valence-corrected chi connectivity index (χ0v) is 14.1. The van der Waals surface area contributed by atoms with E-state index in [-0.39, 0.29) is 17.9 Å². The zero-order chi connectivity index (χ0) is 15.4. The number of thiophene rings is 1. The van der Waals surface area contributed by atoms with E-state index in [9.17, 15) is 4.79 Å². The van der Waals surface area contributed by atoms with Gasteiger partial charge in [-0.2, -0.15) is 0 Å². The van der Waals surface area contributed by atoms with Crippen molar-refractivity contribution in [3.05, 3.63) is 4.88 Å². The average molecular weight is 298 g/mol. The van der Waals surface area contributed by atoms with E-state index in [1.807, 2.05) is 20.8 Å². The predicted molar refractivity (Wildman–Crippen MR) is 87.0 cm³/mol. The monoisotopic (exact) mass is 298 g/mol. The summed E-state index contributed by atoms with van der Waals surface area (Å²) in [6.07, 6.45) is 0.469. The molecule has 4 nitrogen and oxygen atoms in total. The van der Waals surface area contributed by atoms with Crippen molar-refractivity contribution in [3.63, 3.8) is 0 Å². The number of carbonyl (C=O) groups excluding carboxylic acids is 1. The van der Waals surface area contributed by atoms with E-state index in [1.165, 1.54) is 11.3 Å². The maximum Gasteiger partial charge on any atom is 0.177 e. The zero-order valence-electron chi connectivity index (χ0n) is 13.2. The fourth-order valence-corrected chi connectivity index (χ4v) is 2.78. The van der Waals surface area contributed by atoms with Crippen LogP contribution < -0.4 is 15.8 Å². The van der Waals surface area contributed by atoms with Gasteiger partial charge in [0.2, 0.25) is 0 Å². The molecular weight excluding hydrogens is 272 g/mol. The van der Waals surface area contributed by atoms with E-state index in [1.54, 1.807) is 0 Å². The molecule has 3 N–H and O–H groups in total. The van der Waals surface area contributed by atoms with Gasteiger partial charge in [0, 0.05) is 12.5 Å². The molecule has 0 saturated carbocycles. The largest absolute Gasteiger partial charge is 0.486 e. The first-order valence-electron chi connectivity index (χ1n) is 7.16. The van der Waals surface area contributed by atoms with Crippen LogP contribution in [-0.4, -0.2) is 17.9 Å². The number of rotatable bonds is 7. The van der Waals surface area contributed by atoms with E-state index in [0.29, 0.717) is 28.7 Å². The lowest BCUT2D eigenvalue weighted by Gasteiger charge is -2.19. The Kier molecular flexibility index (Phi) is 5.87. The Balaban J connectivity index is 3.16. The summed E-state index contributed by atoms with van der Waals surface area (Å²) in [5, 5.41) is 4.27. The van der Waals surface area contributed by atoms with E-state index < -0.39 is 0 Å². The van der Waals surface area contributed by atoms with Crippen LogP contribution in [0.1, 0.15) is 57.6 Å². The summed E-state index contributed by atoms with van der Waals surface area (Å²) >= 11 is 1.40. The van der Waals surface area contributed by atoms with Crippen molar-refractivity contribution in [2.24, 2.45) is 5.92 Å². The highest BCUT2D eigenvalue weighted by molar-refractivity contribution is 7.19. The number of anilines is 2. The lowest BCUT2D eigenvalue weighted by molar-refractivity contribution is 0.0992. The van der Waals surface area contributed by atoms with E-state index in [2.05, 4.69) is 26.1 Å². The number of Topliss-reactive ketones (excluding diaryl/α,β-unsaturated/α-hetero) is 1. The second kappa shape index (κ2) is 6.97. The van der Waals surface area contributed by atoms with Crippen molar-refractivity contribution < 1.29 is 9.53 Å². The van der Waals surface area contributed by atoms with Gasteiger partial charge < -0.3 is 15.8 Å². The first kappa shape index (κ1) is 16.8. The molecule has 1 rings (SSSR count). The van der Waals surface area contributed by atoms with Gasteiger partial charge in [0.05, 0.1) is 16.7 Å². The van der Waals surface area contributed by atoms with Crippen LogP contribution in [0.15, 0.2) is 0 Å². The lowest BCUT2D eigenvalue weighted by Crippen LogP contribution is -2.21. The smallest absolute Gasteiger partial charge is 0.177 e. The summed E-state index contributed by atoms with van der Waals surface area (Å²) in [6, 6.07) is 0.284. The Morgan fingerprint density at radius 1 is 1.30 bits per heavy atom. The molecule has 0 radical (unpaired) electrons. The van der Waals surface area contributed by atoms with E-state index >= 15 is 0 Å². The normalized spacial score (nSPS) is 12.8. The van der Waals surface area contributed by atoms with Crippen LogP contribution >= 0.6 is 11.3 Å². The van der Waals surface area contributed by atoms with Crippen molar-refractivity contribution in [1.29, 1.82) is 0 Å². The SMILES string of the molecule is CCC(=O)c1sc(NC(C)C(C)C)c(OC(C)C)c1N. The minimum absolute atomic E-state index is 0.0198. The Morgan fingerprint density at radius 3 is 2.35 bits per heavy atom. The topological polar surface area (TPSA) is 64.3 Å². The van der Waals surface area contributed by atoms with Gasteiger partial charge in [-0.15, -0.1) is 11.3 Å². The maximum atomic E-state index is 12.0. The molecule has 1 unspecified atom stereocenters. The van der Waals surface area contributed by atoms with Crippen molar-refractivity contribution in [2.45, 2.75) is 60.1 Å². The van der Waals surface area contributed by atoms with Gasteiger partial charge in [-0.1, -0.05) is 20.8 Å². The molecule has 1 heterocycles.